The highest BCUT2D eigenvalue weighted by Crippen LogP contribution is 2.36. The van der Waals surface area contributed by atoms with Gasteiger partial charge in [-0.1, -0.05) is 0 Å². The van der Waals surface area contributed by atoms with Crippen LogP contribution in [0.3, 0.4) is 0 Å². The predicted octanol–water partition coefficient (Wildman–Crippen LogP) is 2.78. The first-order chi connectivity index (χ1) is 6.31. The van der Waals surface area contributed by atoms with Crippen molar-refractivity contribution in [2.45, 2.75) is 12.8 Å². The second-order valence-electron chi connectivity index (χ2n) is 3.05. The molecule has 1 aliphatic heterocycles. The SMILES string of the molecule is COc1cc(Br)c2c(c1)CCCO2. The van der Waals surface area contributed by atoms with Crippen LogP contribution in [0.4, 0.5) is 0 Å². The molecule has 3 heteroatoms. The molecule has 2 rings (SSSR count). The lowest BCUT2D eigenvalue weighted by Gasteiger charge is -2.19. The number of halogens is 1. The monoisotopic (exact) mass is 242 g/mol. The Morgan fingerprint density at radius 1 is 1.46 bits per heavy atom. The Balaban J connectivity index is 2.47. The lowest BCUT2D eigenvalue weighted by molar-refractivity contribution is 0.285. The summed E-state index contributed by atoms with van der Waals surface area (Å²) in [5.41, 5.74) is 1.23. The van der Waals surface area contributed by atoms with Gasteiger partial charge in [-0.2, -0.15) is 0 Å². The fourth-order valence-electron chi connectivity index (χ4n) is 1.52. The molecular formula is C10H11BrO2. The lowest BCUT2D eigenvalue weighted by atomic mass is 10.1. The van der Waals surface area contributed by atoms with Crippen molar-refractivity contribution < 1.29 is 9.47 Å². The van der Waals surface area contributed by atoms with Gasteiger partial charge < -0.3 is 9.47 Å². The summed E-state index contributed by atoms with van der Waals surface area (Å²) in [4.78, 5) is 0. The van der Waals surface area contributed by atoms with Crippen LogP contribution < -0.4 is 9.47 Å². The number of fused-ring (bicyclic) bond motifs is 1. The van der Waals surface area contributed by atoms with Crippen molar-refractivity contribution in [3.8, 4) is 11.5 Å². The molecule has 0 spiro atoms. The summed E-state index contributed by atoms with van der Waals surface area (Å²) in [5, 5.41) is 0. The largest absolute Gasteiger partial charge is 0.497 e. The van der Waals surface area contributed by atoms with E-state index in [-0.39, 0.29) is 0 Å². The maximum absolute atomic E-state index is 5.55. The van der Waals surface area contributed by atoms with E-state index >= 15 is 0 Å². The Morgan fingerprint density at radius 3 is 3.08 bits per heavy atom. The van der Waals surface area contributed by atoms with Crippen molar-refractivity contribution in [2.75, 3.05) is 13.7 Å². The molecule has 13 heavy (non-hydrogen) atoms. The summed E-state index contributed by atoms with van der Waals surface area (Å²) in [5.74, 6) is 1.86. The van der Waals surface area contributed by atoms with Crippen LogP contribution in [0.5, 0.6) is 11.5 Å². The molecule has 0 aromatic heterocycles. The van der Waals surface area contributed by atoms with Gasteiger partial charge >= 0.3 is 0 Å². The van der Waals surface area contributed by atoms with E-state index in [0.29, 0.717) is 0 Å². The van der Waals surface area contributed by atoms with Crippen LogP contribution in [-0.4, -0.2) is 13.7 Å². The molecule has 0 radical (unpaired) electrons. The summed E-state index contributed by atoms with van der Waals surface area (Å²) in [6, 6.07) is 3.98. The molecule has 0 amide bonds. The molecule has 0 aliphatic carbocycles. The van der Waals surface area contributed by atoms with E-state index in [0.717, 1.165) is 35.4 Å². The molecule has 1 aliphatic rings. The number of aryl methyl sites for hydroxylation is 1. The Kier molecular flexibility index (Phi) is 2.44. The van der Waals surface area contributed by atoms with E-state index < -0.39 is 0 Å². The van der Waals surface area contributed by atoms with Crippen LogP contribution in [0.1, 0.15) is 12.0 Å². The molecule has 0 atom stereocenters. The molecule has 0 fully saturated rings. The van der Waals surface area contributed by atoms with E-state index in [4.69, 9.17) is 9.47 Å². The quantitative estimate of drug-likeness (QED) is 0.755. The average molecular weight is 243 g/mol. The van der Waals surface area contributed by atoms with Crippen molar-refractivity contribution in [1.82, 2.24) is 0 Å². The molecule has 70 valence electrons. The molecule has 0 saturated heterocycles. The zero-order valence-electron chi connectivity index (χ0n) is 7.47. The first-order valence-corrected chi connectivity index (χ1v) is 5.10. The van der Waals surface area contributed by atoms with E-state index in [2.05, 4.69) is 15.9 Å². The molecule has 0 saturated carbocycles. The van der Waals surface area contributed by atoms with E-state index in [1.807, 2.05) is 12.1 Å². The van der Waals surface area contributed by atoms with Crippen LogP contribution >= 0.6 is 15.9 Å². The molecule has 2 nitrogen and oxygen atoms in total. The average Bonchev–Trinajstić information content (AvgIpc) is 2.18. The third kappa shape index (κ3) is 1.66. The van der Waals surface area contributed by atoms with Gasteiger partial charge in [0.05, 0.1) is 18.2 Å². The zero-order chi connectivity index (χ0) is 9.26. The Morgan fingerprint density at radius 2 is 2.31 bits per heavy atom. The summed E-state index contributed by atoms with van der Waals surface area (Å²) >= 11 is 3.47. The standard InChI is InChI=1S/C10H11BrO2/c1-12-8-5-7-3-2-4-13-10(7)9(11)6-8/h5-6H,2-4H2,1H3. The smallest absolute Gasteiger partial charge is 0.136 e. The topological polar surface area (TPSA) is 18.5 Å². The number of methoxy groups -OCH3 is 1. The van der Waals surface area contributed by atoms with E-state index in [1.165, 1.54) is 5.56 Å². The van der Waals surface area contributed by atoms with Gasteiger partial charge in [-0.15, -0.1) is 0 Å². The molecule has 1 aromatic rings. The van der Waals surface area contributed by atoms with Crippen molar-refractivity contribution in [2.24, 2.45) is 0 Å². The molecular weight excluding hydrogens is 232 g/mol. The second-order valence-corrected chi connectivity index (χ2v) is 3.90. The maximum Gasteiger partial charge on any atom is 0.136 e. The second kappa shape index (κ2) is 3.58. The van der Waals surface area contributed by atoms with Crippen LogP contribution in [-0.2, 0) is 6.42 Å². The lowest BCUT2D eigenvalue weighted by Crippen LogP contribution is -2.08. The summed E-state index contributed by atoms with van der Waals surface area (Å²) in [7, 11) is 1.68. The van der Waals surface area contributed by atoms with Crippen molar-refractivity contribution in [1.29, 1.82) is 0 Å². The minimum Gasteiger partial charge on any atom is -0.497 e. The number of ether oxygens (including phenoxy) is 2. The number of benzene rings is 1. The highest BCUT2D eigenvalue weighted by Gasteiger charge is 2.14. The highest BCUT2D eigenvalue weighted by atomic mass is 79.9. The number of rotatable bonds is 1. The van der Waals surface area contributed by atoms with Crippen LogP contribution in [0.2, 0.25) is 0 Å². The van der Waals surface area contributed by atoms with Gasteiger partial charge in [0, 0.05) is 0 Å². The molecule has 0 unspecified atom stereocenters. The molecule has 1 aromatic carbocycles. The fourth-order valence-corrected chi connectivity index (χ4v) is 2.12. The summed E-state index contributed by atoms with van der Waals surface area (Å²) < 4.78 is 11.7. The normalized spacial score (nSPS) is 14.6. The minimum atomic E-state index is 0.817. The predicted molar refractivity (Wildman–Crippen MR) is 54.5 cm³/mol. The van der Waals surface area contributed by atoms with Gasteiger partial charge in [-0.05, 0) is 46.5 Å². The molecule has 0 N–H and O–H groups in total. The van der Waals surface area contributed by atoms with E-state index in [1.54, 1.807) is 7.11 Å². The van der Waals surface area contributed by atoms with Gasteiger partial charge in [-0.25, -0.2) is 0 Å². The Hall–Kier alpha value is -0.700. The third-order valence-electron chi connectivity index (χ3n) is 2.17. The van der Waals surface area contributed by atoms with Crippen molar-refractivity contribution in [3.05, 3.63) is 22.2 Å². The fraction of sp³-hybridized carbons (Fsp3) is 0.400. The van der Waals surface area contributed by atoms with E-state index in [9.17, 15) is 0 Å². The molecule has 0 bridgehead atoms. The van der Waals surface area contributed by atoms with Crippen molar-refractivity contribution in [3.63, 3.8) is 0 Å². The molecule has 1 heterocycles. The zero-order valence-corrected chi connectivity index (χ0v) is 9.06. The van der Waals surface area contributed by atoms with Crippen LogP contribution in [0, 0.1) is 0 Å². The van der Waals surface area contributed by atoms with Gasteiger partial charge in [0.25, 0.3) is 0 Å². The Labute approximate surface area is 86.0 Å². The van der Waals surface area contributed by atoms with Gasteiger partial charge in [-0.3, -0.25) is 0 Å². The number of hydrogen-bond donors (Lipinski definition) is 0. The third-order valence-corrected chi connectivity index (χ3v) is 2.76. The van der Waals surface area contributed by atoms with Gasteiger partial charge in [0.15, 0.2) is 0 Å². The van der Waals surface area contributed by atoms with Crippen LogP contribution in [0.25, 0.3) is 0 Å². The minimum absolute atomic E-state index is 0.817. The maximum atomic E-state index is 5.55. The number of hydrogen-bond acceptors (Lipinski definition) is 2. The van der Waals surface area contributed by atoms with Crippen LogP contribution in [0.15, 0.2) is 16.6 Å². The first-order valence-electron chi connectivity index (χ1n) is 4.30. The Bertz CT molecular complexity index is 323. The summed E-state index contributed by atoms with van der Waals surface area (Å²) in [6.45, 7) is 0.817. The van der Waals surface area contributed by atoms with Crippen molar-refractivity contribution >= 4 is 15.9 Å². The van der Waals surface area contributed by atoms with Gasteiger partial charge in [0.1, 0.15) is 11.5 Å². The highest BCUT2D eigenvalue weighted by molar-refractivity contribution is 9.10. The first kappa shape index (κ1) is 8.88. The van der Waals surface area contributed by atoms with Gasteiger partial charge in [0.2, 0.25) is 0 Å². The summed E-state index contributed by atoms with van der Waals surface area (Å²) in [6.07, 6.45) is 2.16.